The summed E-state index contributed by atoms with van der Waals surface area (Å²) in [5.41, 5.74) is 3.58. The van der Waals surface area contributed by atoms with E-state index in [-0.39, 0.29) is 0 Å². The summed E-state index contributed by atoms with van der Waals surface area (Å²) in [4.78, 5) is 12.0. The molecule has 3 N–H and O–H groups in total. The van der Waals surface area contributed by atoms with Gasteiger partial charge in [0.25, 0.3) is 0 Å². The Balaban J connectivity index is 0. The highest BCUT2D eigenvalue weighted by Crippen LogP contribution is 2.00. The van der Waals surface area contributed by atoms with Crippen LogP contribution in [0.5, 0.6) is 0 Å². The third-order valence-electron chi connectivity index (χ3n) is 1.06. The number of carbonyl (C=O) groups excluding carboxylic acids is 1. The second-order valence-corrected chi connectivity index (χ2v) is 1.87. The molecule has 0 aromatic carbocycles. The van der Waals surface area contributed by atoms with Gasteiger partial charge >= 0.3 is 0 Å². The maximum atomic E-state index is 8.00. The highest BCUT2D eigenvalue weighted by Gasteiger charge is 1.85. The molecule has 0 aliphatic heterocycles. The predicted molar refractivity (Wildman–Crippen MR) is 55.3 cm³/mol. The number of rotatable bonds is 1. The van der Waals surface area contributed by atoms with Crippen molar-refractivity contribution in [2.24, 2.45) is 5.84 Å². The normalized spacial score (nSPS) is 7.08. The van der Waals surface area contributed by atoms with Crippen LogP contribution in [0.15, 0.2) is 18.3 Å². The zero-order chi connectivity index (χ0) is 10.7. The van der Waals surface area contributed by atoms with Crippen molar-refractivity contribution in [3.05, 3.63) is 23.9 Å². The largest absolute Gasteiger partial charge is 0.308 e. The second-order valence-electron chi connectivity index (χ2n) is 1.87. The maximum Gasteiger partial charge on any atom is 0.139 e. The van der Waals surface area contributed by atoms with E-state index >= 15 is 0 Å². The van der Waals surface area contributed by atoms with Gasteiger partial charge in [0.1, 0.15) is 12.6 Å². The highest BCUT2D eigenvalue weighted by molar-refractivity contribution is 5.33. The van der Waals surface area contributed by atoms with Gasteiger partial charge in [-0.25, -0.2) is 10.8 Å². The lowest BCUT2D eigenvalue weighted by molar-refractivity contribution is -0.0979. The van der Waals surface area contributed by atoms with E-state index in [4.69, 9.17) is 10.6 Å². The number of anilines is 1. The molecule has 1 rings (SSSR count). The Hall–Kier alpha value is -1.42. The molecule has 13 heavy (non-hydrogen) atoms. The summed E-state index contributed by atoms with van der Waals surface area (Å²) in [6.45, 7) is 7.98. The van der Waals surface area contributed by atoms with Crippen molar-refractivity contribution >= 4 is 12.6 Å². The average Bonchev–Trinajstić information content (AvgIpc) is 2.25. The molecule has 0 bridgehead atoms. The number of aryl methyl sites for hydroxylation is 1. The fraction of sp³-hybridized carbons (Fsp3) is 0.333. The van der Waals surface area contributed by atoms with Gasteiger partial charge in [0.15, 0.2) is 0 Å². The Bertz CT molecular complexity index is 199. The lowest BCUT2D eigenvalue weighted by Gasteiger charge is -1.96. The standard InChI is InChI=1S/C6H9N3.C2H6.CH2O/c1-5-2-3-6(9-7)8-4-5;2*1-2/h2-4H,7H2,1H3,(H,8,9);1-2H3;1H2. The third kappa shape index (κ3) is 6.96. The molecule has 0 spiro atoms. The Labute approximate surface area is 79.1 Å². The molecule has 74 valence electrons. The molecule has 0 saturated heterocycles. The van der Waals surface area contributed by atoms with Gasteiger partial charge in [0.2, 0.25) is 0 Å². The summed E-state index contributed by atoms with van der Waals surface area (Å²) in [5.74, 6) is 5.78. The topological polar surface area (TPSA) is 68.0 Å². The van der Waals surface area contributed by atoms with Crippen LogP contribution in [0.2, 0.25) is 0 Å². The number of nitrogen functional groups attached to an aromatic ring is 1. The second kappa shape index (κ2) is 10.6. The van der Waals surface area contributed by atoms with Gasteiger partial charge < -0.3 is 10.2 Å². The lowest BCUT2D eigenvalue weighted by atomic mass is 10.3. The Morgan fingerprint density at radius 3 is 2.23 bits per heavy atom. The van der Waals surface area contributed by atoms with Gasteiger partial charge in [-0.3, -0.25) is 0 Å². The molecule has 4 nitrogen and oxygen atoms in total. The Morgan fingerprint density at radius 2 is 1.92 bits per heavy atom. The van der Waals surface area contributed by atoms with Gasteiger partial charge in [-0.2, -0.15) is 0 Å². The number of hydrogen-bond donors (Lipinski definition) is 2. The van der Waals surface area contributed by atoms with Crippen molar-refractivity contribution in [2.75, 3.05) is 5.43 Å². The minimum atomic E-state index is 0.695. The summed E-state index contributed by atoms with van der Waals surface area (Å²) in [6.07, 6.45) is 1.76. The van der Waals surface area contributed by atoms with Crippen molar-refractivity contribution in [3.8, 4) is 0 Å². The quantitative estimate of drug-likeness (QED) is 0.511. The monoisotopic (exact) mass is 183 g/mol. The third-order valence-corrected chi connectivity index (χ3v) is 1.06. The first kappa shape index (κ1) is 14.1. The van der Waals surface area contributed by atoms with Gasteiger partial charge in [-0.15, -0.1) is 0 Å². The van der Waals surface area contributed by atoms with E-state index in [1.54, 1.807) is 6.20 Å². The first-order valence-corrected chi connectivity index (χ1v) is 4.01. The smallest absolute Gasteiger partial charge is 0.139 e. The molecule has 0 atom stereocenters. The van der Waals surface area contributed by atoms with E-state index in [1.165, 1.54) is 0 Å². The number of nitrogens with zero attached hydrogens (tertiary/aromatic N) is 1. The van der Waals surface area contributed by atoms with Gasteiger partial charge in [-0.1, -0.05) is 19.9 Å². The molecule has 0 fully saturated rings. The Morgan fingerprint density at radius 1 is 1.38 bits per heavy atom. The lowest BCUT2D eigenvalue weighted by Crippen LogP contribution is -2.07. The van der Waals surface area contributed by atoms with Crippen molar-refractivity contribution in [1.82, 2.24) is 4.98 Å². The molecule has 1 heterocycles. The molecule has 1 aromatic heterocycles. The van der Waals surface area contributed by atoms with Crippen molar-refractivity contribution in [3.63, 3.8) is 0 Å². The number of aromatic nitrogens is 1. The van der Waals surface area contributed by atoms with Crippen molar-refractivity contribution < 1.29 is 4.79 Å². The first-order chi connectivity index (χ1) is 6.33. The molecule has 0 unspecified atom stereocenters. The van der Waals surface area contributed by atoms with Crippen LogP contribution in [0, 0.1) is 6.92 Å². The summed E-state index contributed by atoms with van der Waals surface area (Å²) >= 11 is 0. The minimum absolute atomic E-state index is 0.695. The van der Waals surface area contributed by atoms with Crippen molar-refractivity contribution in [2.45, 2.75) is 20.8 Å². The SMILES string of the molecule is C=O.CC.Cc1ccc(NN)nc1. The maximum absolute atomic E-state index is 8.00. The molecular formula is C9H17N3O. The molecule has 0 radical (unpaired) electrons. The average molecular weight is 183 g/mol. The van der Waals surface area contributed by atoms with Crippen molar-refractivity contribution in [1.29, 1.82) is 0 Å². The van der Waals surface area contributed by atoms with E-state index < -0.39 is 0 Å². The number of carbonyl (C=O) groups is 1. The van der Waals surface area contributed by atoms with Gasteiger partial charge in [-0.05, 0) is 18.6 Å². The van der Waals surface area contributed by atoms with E-state index in [9.17, 15) is 0 Å². The summed E-state index contributed by atoms with van der Waals surface area (Å²) < 4.78 is 0. The van der Waals surface area contributed by atoms with Crippen LogP contribution < -0.4 is 11.3 Å². The van der Waals surface area contributed by atoms with E-state index in [0.29, 0.717) is 5.82 Å². The fourth-order valence-corrected chi connectivity index (χ4v) is 0.553. The molecule has 0 amide bonds. The minimum Gasteiger partial charge on any atom is -0.308 e. The number of hydrazine groups is 1. The van der Waals surface area contributed by atoms with Crippen LogP contribution in [0.1, 0.15) is 19.4 Å². The molecular weight excluding hydrogens is 166 g/mol. The predicted octanol–water partition coefficient (Wildman–Crippen LogP) is 1.52. The number of hydrogen-bond acceptors (Lipinski definition) is 4. The molecule has 0 aliphatic rings. The van der Waals surface area contributed by atoms with Crippen LogP contribution >= 0.6 is 0 Å². The van der Waals surface area contributed by atoms with Gasteiger partial charge in [0.05, 0.1) is 0 Å². The van der Waals surface area contributed by atoms with Crippen LogP contribution in [-0.2, 0) is 4.79 Å². The summed E-state index contributed by atoms with van der Waals surface area (Å²) in [7, 11) is 0. The van der Waals surface area contributed by atoms with E-state index in [2.05, 4.69) is 10.4 Å². The zero-order valence-electron chi connectivity index (χ0n) is 8.37. The first-order valence-electron chi connectivity index (χ1n) is 4.01. The van der Waals surface area contributed by atoms with Gasteiger partial charge in [0, 0.05) is 6.20 Å². The van der Waals surface area contributed by atoms with E-state index in [0.717, 1.165) is 5.56 Å². The Kier molecular flexibility index (Phi) is 11.5. The number of nitrogens with one attached hydrogen (secondary N) is 1. The summed E-state index contributed by atoms with van der Waals surface area (Å²) in [5, 5.41) is 0. The number of nitrogens with two attached hydrogens (primary N) is 1. The zero-order valence-corrected chi connectivity index (χ0v) is 8.37. The highest BCUT2D eigenvalue weighted by atomic mass is 16.1. The molecule has 4 heteroatoms. The van der Waals surface area contributed by atoms with Crippen LogP contribution in [0.3, 0.4) is 0 Å². The van der Waals surface area contributed by atoms with Crippen LogP contribution in [0.25, 0.3) is 0 Å². The van der Waals surface area contributed by atoms with E-state index in [1.807, 2.05) is 39.7 Å². The number of pyridine rings is 1. The molecule has 0 saturated carbocycles. The molecule has 1 aromatic rings. The van der Waals surface area contributed by atoms with Crippen LogP contribution in [0.4, 0.5) is 5.82 Å². The fourth-order valence-electron chi connectivity index (χ4n) is 0.553. The molecule has 0 aliphatic carbocycles. The van der Waals surface area contributed by atoms with Crippen LogP contribution in [-0.4, -0.2) is 11.8 Å². The summed E-state index contributed by atoms with van der Waals surface area (Å²) in [6, 6.07) is 3.78.